The normalized spacial score (nSPS) is 11.7. The molecule has 0 saturated heterocycles. The average Bonchev–Trinajstić information content (AvgIpc) is 3.67. The third-order valence-corrected chi connectivity index (χ3v) is 11.8. The molecule has 0 aliphatic rings. The molecule has 10 aromatic carbocycles. The Bertz CT molecular complexity index is 3320. The summed E-state index contributed by atoms with van der Waals surface area (Å²) in [6.45, 7) is 2.19. The summed E-state index contributed by atoms with van der Waals surface area (Å²) in [5.41, 5.74) is 13.2. The first kappa shape index (κ1) is 33.1. The van der Waals surface area contributed by atoms with Crippen molar-refractivity contribution in [3.05, 3.63) is 206 Å². The Labute approximate surface area is 331 Å². The molecule has 0 unspecified atom stereocenters. The second-order valence-corrected chi connectivity index (χ2v) is 14.9. The summed E-state index contributed by atoms with van der Waals surface area (Å²) in [6.07, 6.45) is 0.838. The van der Waals surface area contributed by atoms with E-state index in [0.717, 1.165) is 29.0 Å². The second kappa shape index (κ2) is 13.5. The number of fused-ring (bicyclic) bond motifs is 5. The summed E-state index contributed by atoms with van der Waals surface area (Å²) in [4.78, 5) is 5.06. The molecule has 0 N–H and O–H groups in total. The van der Waals surface area contributed by atoms with Gasteiger partial charge in [-0.1, -0.05) is 183 Å². The summed E-state index contributed by atoms with van der Waals surface area (Å²) >= 11 is 0. The van der Waals surface area contributed by atoms with Gasteiger partial charge in [0.25, 0.3) is 0 Å². The van der Waals surface area contributed by atoms with Gasteiger partial charge in [-0.25, -0.2) is 4.98 Å². The van der Waals surface area contributed by atoms with Crippen molar-refractivity contribution in [2.45, 2.75) is 13.3 Å². The average molecular weight is 727 g/mol. The standard InChI is InChI=1S/C55H38N2/c1-2-53-56-50-27-15-16-28-52(50)57(53)51-34-33-47(42-23-11-12-24-43(42)51)55-45-26-14-13-25-44(45)54(48-30-29-38(35-49(48)55)36-17-5-3-6-18-36)46-32-31-39(37-19-7-4-8-20-37)40-21-9-10-22-41(40)46/h3-35H,2H2,1H3. The first-order chi connectivity index (χ1) is 28.3. The van der Waals surface area contributed by atoms with Crippen molar-refractivity contribution in [3.63, 3.8) is 0 Å². The fraction of sp³-hybridized carbons (Fsp3) is 0.0364. The first-order valence-electron chi connectivity index (χ1n) is 19.9. The lowest BCUT2D eigenvalue weighted by Gasteiger charge is -2.22. The minimum atomic E-state index is 0.838. The zero-order valence-corrected chi connectivity index (χ0v) is 31.7. The maximum absolute atomic E-state index is 5.06. The SMILES string of the molecule is CCc1nc2ccccc2n1-c1ccc(-c2c3ccccc3c(-c3ccc(-c4ccccc4)c4ccccc34)c3ccc(-c4ccccc4)cc23)c2ccccc12. The van der Waals surface area contributed by atoms with Crippen LogP contribution in [-0.4, -0.2) is 9.55 Å². The Kier molecular flexibility index (Phi) is 7.82. The molecule has 0 aliphatic carbocycles. The predicted molar refractivity (Wildman–Crippen MR) is 242 cm³/mol. The number of imidazole rings is 1. The zero-order valence-electron chi connectivity index (χ0n) is 31.7. The van der Waals surface area contributed by atoms with Gasteiger partial charge in [0.15, 0.2) is 0 Å². The molecule has 0 bridgehead atoms. The molecule has 1 heterocycles. The van der Waals surface area contributed by atoms with E-state index >= 15 is 0 Å². The zero-order chi connectivity index (χ0) is 37.9. The molecule has 0 radical (unpaired) electrons. The van der Waals surface area contributed by atoms with Crippen LogP contribution in [-0.2, 0) is 6.42 Å². The number of aryl methyl sites for hydroxylation is 1. The smallest absolute Gasteiger partial charge is 0.114 e. The van der Waals surface area contributed by atoms with E-state index in [1.165, 1.54) is 87.6 Å². The third-order valence-electron chi connectivity index (χ3n) is 11.8. The van der Waals surface area contributed by atoms with E-state index in [2.05, 4.69) is 212 Å². The summed E-state index contributed by atoms with van der Waals surface area (Å²) in [7, 11) is 0. The van der Waals surface area contributed by atoms with Gasteiger partial charge in [0.2, 0.25) is 0 Å². The van der Waals surface area contributed by atoms with Crippen LogP contribution >= 0.6 is 0 Å². The van der Waals surface area contributed by atoms with Crippen LogP contribution in [0.2, 0.25) is 0 Å². The number of para-hydroxylation sites is 2. The van der Waals surface area contributed by atoms with E-state index in [1.807, 2.05) is 0 Å². The minimum Gasteiger partial charge on any atom is -0.296 e. The van der Waals surface area contributed by atoms with E-state index in [-0.39, 0.29) is 0 Å². The monoisotopic (exact) mass is 726 g/mol. The Balaban J connectivity index is 1.25. The molecule has 0 saturated carbocycles. The predicted octanol–water partition coefficient (Wildman–Crippen LogP) is 14.9. The number of rotatable bonds is 6. The second-order valence-electron chi connectivity index (χ2n) is 14.9. The fourth-order valence-corrected chi connectivity index (χ4v) is 9.23. The van der Waals surface area contributed by atoms with Crippen LogP contribution in [0.15, 0.2) is 200 Å². The van der Waals surface area contributed by atoms with Crippen LogP contribution < -0.4 is 0 Å². The van der Waals surface area contributed by atoms with Crippen molar-refractivity contribution in [1.82, 2.24) is 9.55 Å². The molecule has 2 heteroatoms. The Morgan fingerprint density at radius 1 is 0.368 bits per heavy atom. The molecular formula is C55H38N2. The Morgan fingerprint density at radius 2 is 0.860 bits per heavy atom. The molecule has 57 heavy (non-hydrogen) atoms. The molecule has 0 atom stereocenters. The number of hydrogen-bond acceptors (Lipinski definition) is 1. The lowest BCUT2D eigenvalue weighted by atomic mass is 9.82. The van der Waals surface area contributed by atoms with Crippen molar-refractivity contribution in [2.75, 3.05) is 0 Å². The largest absolute Gasteiger partial charge is 0.296 e. The Morgan fingerprint density at radius 3 is 1.54 bits per heavy atom. The third kappa shape index (κ3) is 5.29. The van der Waals surface area contributed by atoms with E-state index in [1.54, 1.807) is 0 Å². The van der Waals surface area contributed by atoms with Crippen LogP contribution in [0.25, 0.3) is 104 Å². The summed E-state index contributed by atoms with van der Waals surface area (Å²) in [6, 6.07) is 73.3. The van der Waals surface area contributed by atoms with Gasteiger partial charge in [0.05, 0.1) is 16.7 Å². The van der Waals surface area contributed by atoms with Gasteiger partial charge in [-0.15, -0.1) is 0 Å². The van der Waals surface area contributed by atoms with Crippen molar-refractivity contribution in [2.24, 2.45) is 0 Å². The van der Waals surface area contributed by atoms with Crippen LogP contribution in [0.1, 0.15) is 12.7 Å². The molecule has 11 rings (SSSR count). The lowest BCUT2D eigenvalue weighted by molar-refractivity contribution is 0.913. The maximum Gasteiger partial charge on any atom is 0.114 e. The molecule has 0 fully saturated rings. The topological polar surface area (TPSA) is 17.8 Å². The highest BCUT2D eigenvalue weighted by Crippen LogP contribution is 2.49. The van der Waals surface area contributed by atoms with Crippen LogP contribution in [0, 0.1) is 0 Å². The lowest BCUT2D eigenvalue weighted by Crippen LogP contribution is -2.01. The van der Waals surface area contributed by atoms with Crippen LogP contribution in [0.4, 0.5) is 0 Å². The molecular weight excluding hydrogens is 689 g/mol. The fourth-order valence-electron chi connectivity index (χ4n) is 9.23. The molecule has 2 nitrogen and oxygen atoms in total. The first-order valence-corrected chi connectivity index (χ1v) is 19.9. The molecule has 268 valence electrons. The van der Waals surface area contributed by atoms with Crippen molar-refractivity contribution in [1.29, 1.82) is 0 Å². The quantitative estimate of drug-likeness (QED) is 0.156. The molecule has 0 amide bonds. The van der Waals surface area contributed by atoms with Gasteiger partial charge in [-0.2, -0.15) is 0 Å². The maximum atomic E-state index is 5.06. The highest BCUT2D eigenvalue weighted by atomic mass is 15.1. The van der Waals surface area contributed by atoms with E-state index in [4.69, 9.17) is 4.98 Å². The molecule has 11 aromatic rings. The molecule has 1 aromatic heterocycles. The number of benzene rings is 10. The van der Waals surface area contributed by atoms with Gasteiger partial charge < -0.3 is 0 Å². The van der Waals surface area contributed by atoms with Crippen molar-refractivity contribution < 1.29 is 0 Å². The van der Waals surface area contributed by atoms with E-state index in [0.29, 0.717) is 0 Å². The van der Waals surface area contributed by atoms with E-state index < -0.39 is 0 Å². The highest BCUT2D eigenvalue weighted by Gasteiger charge is 2.22. The van der Waals surface area contributed by atoms with Gasteiger partial charge in [0.1, 0.15) is 5.82 Å². The molecule has 0 aliphatic heterocycles. The van der Waals surface area contributed by atoms with Gasteiger partial charge >= 0.3 is 0 Å². The van der Waals surface area contributed by atoms with Gasteiger partial charge in [-0.05, 0) is 106 Å². The minimum absolute atomic E-state index is 0.838. The van der Waals surface area contributed by atoms with Crippen LogP contribution in [0.3, 0.4) is 0 Å². The van der Waals surface area contributed by atoms with Crippen molar-refractivity contribution in [3.8, 4) is 50.2 Å². The van der Waals surface area contributed by atoms with E-state index in [9.17, 15) is 0 Å². The number of hydrogen-bond donors (Lipinski definition) is 0. The van der Waals surface area contributed by atoms with Gasteiger partial charge in [0, 0.05) is 11.8 Å². The summed E-state index contributed by atoms with van der Waals surface area (Å²) in [5, 5.41) is 9.88. The summed E-state index contributed by atoms with van der Waals surface area (Å²) < 4.78 is 2.36. The number of nitrogens with zero attached hydrogens (tertiary/aromatic N) is 2. The highest BCUT2D eigenvalue weighted by molar-refractivity contribution is 6.26. The molecule has 0 spiro atoms. The van der Waals surface area contributed by atoms with Gasteiger partial charge in [-0.3, -0.25) is 4.57 Å². The summed E-state index contributed by atoms with van der Waals surface area (Å²) in [5.74, 6) is 1.06. The Hall–Kier alpha value is -7.29. The van der Waals surface area contributed by atoms with Crippen LogP contribution in [0.5, 0.6) is 0 Å². The number of aromatic nitrogens is 2. The van der Waals surface area contributed by atoms with Crippen molar-refractivity contribution >= 4 is 54.1 Å².